The highest BCUT2D eigenvalue weighted by Gasteiger charge is 2.29. The van der Waals surface area contributed by atoms with Crippen LogP contribution < -0.4 is 10.0 Å². The molecule has 0 aromatic heterocycles. The average Bonchev–Trinajstić information content (AvgIpc) is 2.96. The van der Waals surface area contributed by atoms with E-state index < -0.39 is 31.8 Å². The van der Waals surface area contributed by atoms with Crippen molar-refractivity contribution in [2.75, 3.05) is 16.2 Å². The smallest absolute Gasteiger partial charge is 0.262 e. The van der Waals surface area contributed by atoms with E-state index in [4.69, 9.17) is 0 Å². The number of carbonyl (C=O) groups excluding carboxylic acids is 1. The third-order valence-corrected chi connectivity index (χ3v) is 8.32. The second-order valence-corrected chi connectivity index (χ2v) is 11.3. The van der Waals surface area contributed by atoms with Gasteiger partial charge in [-0.25, -0.2) is 16.8 Å². The Kier molecular flexibility index (Phi) is 5.73. The molecular formula is C20H24N2O5S2. The quantitative estimate of drug-likeness (QED) is 0.748. The number of sulfonamides is 1. The summed E-state index contributed by atoms with van der Waals surface area (Å²) in [6, 6.07) is 9.15. The number of hydrogen-bond acceptors (Lipinski definition) is 5. The van der Waals surface area contributed by atoms with Crippen LogP contribution in [0.5, 0.6) is 0 Å². The van der Waals surface area contributed by atoms with Gasteiger partial charge in [-0.2, -0.15) is 0 Å². The van der Waals surface area contributed by atoms with E-state index in [2.05, 4.69) is 10.0 Å². The van der Waals surface area contributed by atoms with E-state index >= 15 is 0 Å². The summed E-state index contributed by atoms with van der Waals surface area (Å²) in [6.07, 6.45) is 0.381. The van der Waals surface area contributed by atoms with Gasteiger partial charge in [-0.15, -0.1) is 0 Å². The van der Waals surface area contributed by atoms with E-state index in [-0.39, 0.29) is 27.7 Å². The first-order valence-corrected chi connectivity index (χ1v) is 12.5. The number of anilines is 1. The van der Waals surface area contributed by atoms with Crippen molar-refractivity contribution in [3.63, 3.8) is 0 Å². The molecule has 29 heavy (non-hydrogen) atoms. The lowest BCUT2D eigenvalue weighted by Gasteiger charge is -2.14. The zero-order valence-corrected chi connectivity index (χ0v) is 18.2. The zero-order valence-electron chi connectivity index (χ0n) is 16.5. The van der Waals surface area contributed by atoms with Gasteiger partial charge in [0.05, 0.1) is 16.4 Å². The number of aryl methyl sites for hydroxylation is 3. The number of rotatable bonds is 5. The van der Waals surface area contributed by atoms with E-state index in [1.807, 2.05) is 19.9 Å². The second kappa shape index (κ2) is 7.79. The average molecular weight is 437 g/mol. The summed E-state index contributed by atoms with van der Waals surface area (Å²) in [4.78, 5) is 12.6. The van der Waals surface area contributed by atoms with Crippen LogP contribution >= 0.6 is 0 Å². The molecule has 0 bridgehead atoms. The lowest BCUT2D eigenvalue weighted by Crippen LogP contribution is -2.35. The Morgan fingerprint density at radius 1 is 1.03 bits per heavy atom. The molecule has 2 aromatic carbocycles. The maximum atomic E-state index is 12.8. The van der Waals surface area contributed by atoms with Gasteiger partial charge < -0.3 is 5.32 Å². The first-order valence-electron chi connectivity index (χ1n) is 9.19. The molecule has 0 radical (unpaired) electrons. The summed E-state index contributed by atoms with van der Waals surface area (Å²) in [5, 5.41) is 2.70. The Balaban J connectivity index is 1.79. The fourth-order valence-corrected chi connectivity index (χ4v) is 6.37. The largest absolute Gasteiger partial charge is 0.348 e. The van der Waals surface area contributed by atoms with Crippen LogP contribution in [-0.4, -0.2) is 40.3 Å². The molecule has 2 aromatic rings. The molecule has 0 aliphatic carbocycles. The predicted octanol–water partition coefficient (Wildman–Crippen LogP) is 2.33. The van der Waals surface area contributed by atoms with Gasteiger partial charge in [0, 0.05) is 17.3 Å². The molecule has 1 atom stereocenters. The van der Waals surface area contributed by atoms with Gasteiger partial charge in [0.15, 0.2) is 9.84 Å². The van der Waals surface area contributed by atoms with Gasteiger partial charge in [-0.3, -0.25) is 9.52 Å². The molecule has 2 N–H and O–H groups in total. The number of carbonyl (C=O) groups is 1. The summed E-state index contributed by atoms with van der Waals surface area (Å²) in [5.74, 6) is -0.444. The Hall–Kier alpha value is -2.39. The van der Waals surface area contributed by atoms with E-state index in [1.165, 1.54) is 6.07 Å². The van der Waals surface area contributed by atoms with Gasteiger partial charge in [-0.1, -0.05) is 12.1 Å². The molecule has 1 fully saturated rings. The molecule has 1 heterocycles. The molecule has 1 amide bonds. The fraction of sp³-hybridized carbons (Fsp3) is 0.350. The van der Waals surface area contributed by atoms with Crippen LogP contribution in [0.2, 0.25) is 0 Å². The van der Waals surface area contributed by atoms with E-state index in [1.54, 1.807) is 31.2 Å². The molecule has 0 spiro atoms. The first kappa shape index (κ1) is 21.3. The minimum Gasteiger partial charge on any atom is -0.348 e. The van der Waals surface area contributed by atoms with Gasteiger partial charge >= 0.3 is 0 Å². The van der Waals surface area contributed by atoms with Gasteiger partial charge in [0.2, 0.25) is 0 Å². The number of hydrogen-bond donors (Lipinski definition) is 2. The van der Waals surface area contributed by atoms with Crippen molar-refractivity contribution in [1.82, 2.24) is 5.32 Å². The van der Waals surface area contributed by atoms with Crippen LogP contribution in [0.1, 0.15) is 33.5 Å². The Morgan fingerprint density at radius 2 is 1.72 bits per heavy atom. The number of amides is 1. The Bertz CT molecular complexity index is 1170. The lowest BCUT2D eigenvalue weighted by molar-refractivity contribution is 0.0941. The van der Waals surface area contributed by atoms with Gasteiger partial charge in [0.25, 0.3) is 15.9 Å². The summed E-state index contributed by atoms with van der Waals surface area (Å²) >= 11 is 0. The molecular weight excluding hydrogens is 412 g/mol. The molecule has 7 nitrogen and oxygen atoms in total. The summed E-state index contributed by atoms with van der Waals surface area (Å²) in [5.41, 5.74) is 3.03. The van der Waals surface area contributed by atoms with Crippen LogP contribution in [0, 0.1) is 20.8 Å². The highest BCUT2D eigenvalue weighted by Crippen LogP contribution is 2.23. The Labute approximate surface area is 171 Å². The van der Waals surface area contributed by atoms with Crippen LogP contribution in [0.3, 0.4) is 0 Å². The van der Waals surface area contributed by atoms with Crippen molar-refractivity contribution >= 4 is 31.5 Å². The third-order valence-electron chi connectivity index (χ3n) is 5.03. The highest BCUT2D eigenvalue weighted by molar-refractivity contribution is 7.92. The highest BCUT2D eigenvalue weighted by atomic mass is 32.2. The predicted molar refractivity (Wildman–Crippen MR) is 112 cm³/mol. The van der Waals surface area contributed by atoms with Crippen molar-refractivity contribution in [3.05, 3.63) is 58.7 Å². The van der Waals surface area contributed by atoms with Crippen LogP contribution in [-0.2, 0) is 19.9 Å². The topological polar surface area (TPSA) is 109 Å². The zero-order chi connectivity index (χ0) is 21.4. The van der Waals surface area contributed by atoms with Gasteiger partial charge in [-0.05, 0) is 68.1 Å². The summed E-state index contributed by atoms with van der Waals surface area (Å²) in [7, 11) is -6.93. The van der Waals surface area contributed by atoms with E-state index in [0.29, 0.717) is 12.0 Å². The molecule has 1 saturated heterocycles. The van der Waals surface area contributed by atoms with E-state index in [0.717, 1.165) is 11.1 Å². The minimum absolute atomic E-state index is 0.0626. The SMILES string of the molecule is Cc1cc(C)c(S(=O)(=O)Nc2cccc(C(=O)N[C@@H]3CCS(=O)(=O)C3)c2)cc1C. The van der Waals surface area contributed by atoms with E-state index in [9.17, 15) is 21.6 Å². The molecule has 9 heteroatoms. The number of benzene rings is 2. The number of nitrogens with one attached hydrogen (secondary N) is 2. The molecule has 0 unspecified atom stereocenters. The first-order chi connectivity index (χ1) is 13.5. The van der Waals surface area contributed by atoms with Crippen LogP contribution in [0.4, 0.5) is 5.69 Å². The van der Waals surface area contributed by atoms with Crippen molar-refractivity contribution in [3.8, 4) is 0 Å². The van der Waals surface area contributed by atoms with Gasteiger partial charge in [0.1, 0.15) is 0 Å². The van der Waals surface area contributed by atoms with Crippen molar-refractivity contribution in [2.45, 2.75) is 38.1 Å². The van der Waals surface area contributed by atoms with Crippen molar-refractivity contribution in [2.24, 2.45) is 0 Å². The third kappa shape index (κ3) is 4.97. The monoisotopic (exact) mass is 436 g/mol. The minimum atomic E-state index is -3.82. The molecule has 1 aliphatic rings. The normalized spacial score (nSPS) is 18.4. The standard InChI is InChI=1S/C20H24N2O5S2/c1-13-9-15(3)19(10-14(13)2)29(26,27)22-17-6-4-5-16(11-17)20(23)21-18-7-8-28(24,25)12-18/h4-6,9-11,18,22H,7-8,12H2,1-3H3,(H,21,23)/t18-/m1/s1. The van der Waals surface area contributed by atoms with Crippen LogP contribution in [0.25, 0.3) is 0 Å². The summed E-state index contributed by atoms with van der Waals surface area (Å²) < 4.78 is 51.3. The molecule has 156 valence electrons. The second-order valence-electron chi connectivity index (χ2n) is 7.46. The lowest BCUT2D eigenvalue weighted by atomic mass is 10.1. The molecule has 0 saturated carbocycles. The Morgan fingerprint density at radius 3 is 2.38 bits per heavy atom. The van der Waals surface area contributed by atoms with Crippen molar-refractivity contribution < 1.29 is 21.6 Å². The van der Waals surface area contributed by atoms with Crippen molar-refractivity contribution in [1.29, 1.82) is 0 Å². The maximum Gasteiger partial charge on any atom is 0.262 e. The molecule has 1 aliphatic heterocycles. The number of sulfone groups is 1. The maximum absolute atomic E-state index is 12.8. The molecule has 3 rings (SSSR count). The summed E-state index contributed by atoms with van der Waals surface area (Å²) in [6.45, 7) is 5.51. The fourth-order valence-electron chi connectivity index (χ4n) is 3.34. The van der Waals surface area contributed by atoms with Crippen LogP contribution in [0.15, 0.2) is 41.3 Å².